The largest absolute Gasteiger partial charge is 0.481 e. The highest BCUT2D eigenvalue weighted by Gasteiger charge is 2.23. The number of benzene rings is 1. The zero-order valence-electron chi connectivity index (χ0n) is 10.2. The van der Waals surface area contributed by atoms with Crippen LogP contribution in [-0.2, 0) is 11.2 Å². The minimum atomic E-state index is -0.893. The summed E-state index contributed by atoms with van der Waals surface area (Å²) < 4.78 is 10.8. The molecule has 1 atom stereocenters. The molecule has 1 aliphatic heterocycles. The summed E-state index contributed by atoms with van der Waals surface area (Å²) in [5.41, 5.74) is 1.18. The summed E-state index contributed by atoms with van der Waals surface area (Å²) in [7, 11) is 0. The van der Waals surface area contributed by atoms with E-state index >= 15 is 0 Å². The Morgan fingerprint density at radius 1 is 1.28 bits per heavy atom. The Morgan fingerprint density at radius 2 is 1.89 bits per heavy atom. The molecule has 1 aromatic carbocycles. The van der Waals surface area contributed by atoms with Crippen molar-refractivity contribution in [3.8, 4) is 11.5 Å². The quantitative estimate of drug-likeness (QED) is 0.827. The first kappa shape index (κ1) is 12.4. The lowest BCUT2D eigenvalue weighted by Crippen LogP contribution is -2.11. The van der Waals surface area contributed by atoms with Gasteiger partial charge < -0.3 is 14.6 Å². The predicted molar refractivity (Wildman–Crippen MR) is 63.1 cm³/mol. The second kappa shape index (κ2) is 4.68. The van der Waals surface area contributed by atoms with Gasteiger partial charge in [0.05, 0.1) is 0 Å². The molecule has 96 valence electrons. The van der Waals surface area contributed by atoms with Gasteiger partial charge in [-0.25, -0.2) is 0 Å². The van der Waals surface area contributed by atoms with Crippen LogP contribution in [0.25, 0.3) is 0 Å². The van der Waals surface area contributed by atoms with Crippen LogP contribution in [0.2, 0.25) is 0 Å². The molecule has 0 radical (unpaired) electrons. The molecule has 0 saturated heterocycles. The van der Waals surface area contributed by atoms with E-state index in [-0.39, 0.29) is 18.5 Å². The second-order valence-electron chi connectivity index (χ2n) is 4.21. The standard InChI is InChI=1S/C13H14O5/c1-7(14)10-6-12-11(17-8(2)18-12)5-9(10)3-4-13(15)16/h5-6,8H,3-4H2,1-2H3,(H,15,16). The van der Waals surface area contributed by atoms with E-state index in [9.17, 15) is 9.59 Å². The molecule has 2 rings (SSSR count). The first-order chi connectivity index (χ1) is 8.47. The Bertz CT molecular complexity index is 506. The van der Waals surface area contributed by atoms with Gasteiger partial charge in [0.15, 0.2) is 17.3 Å². The van der Waals surface area contributed by atoms with Crippen LogP contribution in [0.4, 0.5) is 0 Å². The summed E-state index contributed by atoms with van der Waals surface area (Å²) >= 11 is 0. The molecule has 1 unspecified atom stereocenters. The van der Waals surface area contributed by atoms with Crippen LogP contribution in [0.3, 0.4) is 0 Å². The van der Waals surface area contributed by atoms with Gasteiger partial charge in [-0.15, -0.1) is 0 Å². The van der Waals surface area contributed by atoms with Gasteiger partial charge in [0.2, 0.25) is 6.29 Å². The van der Waals surface area contributed by atoms with Crippen molar-refractivity contribution < 1.29 is 24.2 Å². The van der Waals surface area contributed by atoms with Crippen LogP contribution in [0.1, 0.15) is 36.2 Å². The molecule has 1 N–H and O–H groups in total. The Labute approximate surface area is 104 Å². The van der Waals surface area contributed by atoms with Gasteiger partial charge in [0.1, 0.15) is 0 Å². The highest BCUT2D eigenvalue weighted by atomic mass is 16.7. The van der Waals surface area contributed by atoms with E-state index in [0.717, 1.165) is 0 Å². The van der Waals surface area contributed by atoms with E-state index in [2.05, 4.69) is 0 Å². The maximum atomic E-state index is 11.5. The van der Waals surface area contributed by atoms with E-state index in [1.54, 1.807) is 19.1 Å². The molecular formula is C13H14O5. The van der Waals surface area contributed by atoms with Gasteiger partial charge in [-0.05, 0) is 31.0 Å². The summed E-state index contributed by atoms with van der Waals surface area (Å²) in [4.78, 5) is 22.1. The van der Waals surface area contributed by atoms with E-state index in [1.807, 2.05) is 0 Å². The van der Waals surface area contributed by atoms with Gasteiger partial charge >= 0.3 is 5.97 Å². The Balaban J connectivity index is 2.35. The number of ketones is 1. The Morgan fingerprint density at radius 3 is 2.44 bits per heavy atom. The Kier molecular flexibility index (Phi) is 3.23. The van der Waals surface area contributed by atoms with Crippen LogP contribution >= 0.6 is 0 Å². The predicted octanol–water partition coefficient (Wildman–Crippen LogP) is 2.02. The third-order valence-electron chi connectivity index (χ3n) is 2.74. The topological polar surface area (TPSA) is 72.8 Å². The average molecular weight is 250 g/mol. The van der Waals surface area contributed by atoms with Crippen molar-refractivity contribution in [2.45, 2.75) is 33.0 Å². The third-order valence-corrected chi connectivity index (χ3v) is 2.74. The maximum absolute atomic E-state index is 11.5. The van der Waals surface area contributed by atoms with Gasteiger partial charge in [0, 0.05) is 18.9 Å². The van der Waals surface area contributed by atoms with Crippen LogP contribution in [0.15, 0.2) is 12.1 Å². The fraction of sp³-hybridized carbons (Fsp3) is 0.385. The van der Waals surface area contributed by atoms with E-state index in [4.69, 9.17) is 14.6 Å². The number of aliphatic carboxylic acids is 1. The van der Waals surface area contributed by atoms with Crippen molar-refractivity contribution in [3.63, 3.8) is 0 Å². The molecule has 18 heavy (non-hydrogen) atoms. The van der Waals surface area contributed by atoms with E-state index < -0.39 is 5.97 Å². The molecule has 5 nitrogen and oxygen atoms in total. The lowest BCUT2D eigenvalue weighted by molar-refractivity contribution is -0.136. The average Bonchev–Trinajstić information content (AvgIpc) is 2.63. The lowest BCUT2D eigenvalue weighted by atomic mass is 9.99. The summed E-state index contributed by atoms with van der Waals surface area (Å²) in [6, 6.07) is 3.32. The van der Waals surface area contributed by atoms with Gasteiger partial charge in [-0.3, -0.25) is 9.59 Å². The molecule has 1 aliphatic rings. The zero-order chi connectivity index (χ0) is 13.3. The molecule has 0 amide bonds. The van der Waals surface area contributed by atoms with Crippen molar-refractivity contribution in [1.82, 2.24) is 0 Å². The molecule has 0 aliphatic carbocycles. The molecule has 0 bridgehead atoms. The summed E-state index contributed by atoms with van der Waals surface area (Å²) in [6.07, 6.45) is -0.0976. The molecule has 0 saturated carbocycles. The van der Waals surface area contributed by atoms with Crippen molar-refractivity contribution in [2.24, 2.45) is 0 Å². The first-order valence-corrected chi connectivity index (χ1v) is 5.70. The second-order valence-corrected chi connectivity index (χ2v) is 4.21. The number of carbonyl (C=O) groups is 2. The van der Waals surface area contributed by atoms with Crippen molar-refractivity contribution in [3.05, 3.63) is 23.3 Å². The molecule has 1 aromatic rings. The van der Waals surface area contributed by atoms with E-state index in [1.165, 1.54) is 6.92 Å². The normalized spacial score (nSPS) is 16.7. The number of hydrogen-bond acceptors (Lipinski definition) is 4. The number of rotatable bonds is 4. The maximum Gasteiger partial charge on any atom is 0.303 e. The van der Waals surface area contributed by atoms with Crippen LogP contribution in [-0.4, -0.2) is 23.1 Å². The number of carbonyl (C=O) groups excluding carboxylic acids is 1. The van der Waals surface area contributed by atoms with Gasteiger partial charge in [-0.2, -0.15) is 0 Å². The monoisotopic (exact) mass is 250 g/mol. The minimum absolute atomic E-state index is 0.0184. The minimum Gasteiger partial charge on any atom is -0.481 e. The molecule has 0 spiro atoms. The lowest BCUT2D eigenvalue weighted by Gasteiger charge is -2.07. The molecular weight excluding hydrogens is 236 g/mol. The number of Topliss-reactive ketones (excluding diaryl/α,β-unsaturated/α-hetero) is 1. The van der Waals surface area contributed by atoms with Gasteiger partial charge in [0.25, 0.3) is 0 Å². The summed E-state index contributed by atoms with van der Waals surface area (Å²) in [5.74, 6) is 0.0940. The number of ether oxygens (including phenoxy) is 2. The van der Waals surface area contributed by atoms with Crippen LogP contribution in [0, 0.1) is 0 Å². The number of carboxylic acids is 1. The smallest absolute Gasteiger partial charge is 0.303 e. The number of fused-ring (bicyclic) bond motifs is 1. The SMILES string of the molecule is CC(=O)c1cc2c(cc1CCC(=O)O)OC(C)O2. The zero-order valence-corrected chi connectivity index (χ0v) is 10.2. The number of aryl methyl sites for hydroxylation is 1. The molecule has 1 heterocycles. The molecule has 5 heteroatoms. The molecule has 0 aromatic heterocycles. The fourth-order valence-electron chi connectivity index (χ4n) is 1.94. The summed E-state index contributed by atoms with van der Waals surface area (Å²) in [5, 5.41) is 8.70. The number of hydrogen-bond donors (Lipinski definition) is 1. The van der Waals surface area contributed by atoms with Crippen molar-refractivity contribution >= 4 is 11.8 Å². The van der Waals surface area contributed by atoms with Crippen LogP contribution < -0.4 is 9.47 Å². The third kappa shape index (κ3) is 2.45. The van der Waals surface area contributed by atoms with E-state index in [0.29, 0.717) is 29.0 Å². The van der Waals surface area contributed by atoms with Crippen molar-refractivity contribution in [1.29, 1.82) is 0 Å². The highest BCUT2D eigenvalue weighted by Crippen LogP contribution is 2.37. The first-order valence-electron chi connectivity index (χ1n) is 5.70. The molecule has 0 fully saturated rings. The van der Waals surface area contributed by atoms with Crippen LogP contribution in [0.5, 0.6) is 11.5 Å². The highest BCUT2D eigenvalue weighted by molar-refractivity contribution is 5.96. The fourth-order valence-corrected chi connectivity index (χ4v) is 1.94. The Hall–Kier alpha value is -2.04. The van der Waals surface area contributed by atoms with Gasteiger partial charge in [-0.1, -0.05) is 0 Å². The number of carboxylic acid groups (broad SMARTS) is 1. The van der Waals surface area contributed by atoms with Crippen molar-refractivity contribution in [2.75, 3.05) is 0 Å². The summed E-state index contributed by atoms with van der Waals surface area (Å²) in [6.45, 7) is 3.20.